The Labute approximate surface area is 207 Å². The number of nitrogens with zero attached hydrogens (tertiary/aromatic N) is 1. The van der Waals surface area contributed by atoms with Crippen molar-refractivity contribution in [3.05, 3.63) is 58.9 Å². The van der Waals surface area contributed by atoms with Crippen LogP contribution in [0.4, 0.5) is 4.39 Å². The van der Waals surface area contributed by atoms with Gasteiger partial charge in [0.05, 0.1) is 18.6 Å². The fraction of sp³-hybridized carbons (Fsp3) is 0.500. The van der Waals surface area contributed by atoms with Gasteiger partial charge in [0.2, 0.25) is 0 Å². The molecule has 184 valence electrons. The van der Waals surface area contributed by atoms with Crippen molar-refractivity contribution in [3.63, 3.8) is 0 Å². The Kier molecular flexibility index (Phi) is 9.95. The molecule has 2 aromatic carbocycles. The molecule has 0 unspecified atom stereocenters. The second kappa shape index (κ2) is 12.7. The number of rotatable bonds is 12. The summed E-state index contributed by atoms with van der Waals surface area (Å²) in [6, 6.07) is 12.2. The predicted octanol–water partition coefficient (Wildman–Crippen LogP) is 4.82. The summed E-state index contributed by atoms with van der Waals surface area (Å²) in [5.74, 6) is -0.669. The van der Waals surface area contributed by atoms with E-state index in [0.717, 1.165) is 24.2 Å². The molecular weight excluding hydrogens is 456 g/mol. The highest BCUT2D eigenvalue weighted by molar-refractivity contribution is 6.48. The molecule has 0 bridgehead atoms. The zero-order valence-electron chi connectivity index (χ0n) is 20.2. The van der Waals surface area contributed by atoms with Crippen LogP contribution in [-0.2, 0) is 20.7 Å². The fourth-order valence-electron chi connectivity index (χ4n) is 4.66. The lowest BCUT2D eigenvalue weighted by Crippen LogP contribution is -2.54. The second-order valence-electron chi connectivity index (χ2n) is 9.24. The quantitative estimate of drug-likeness (QED) is 0.342. The molecule has 1 aliphatic rings. The number of carbonyl (C=O) groups excluding carboxylic acids is 1. The summed E-state index contributed by atoms with van der Waals surface area (Å²) in [5.41, 5.74) is 2.29. The molecular formula is C26H34BClFNO4. The molecule has 1 fully saturated rings. The monoisotopic (exact) mass is 489 g/mol. The Balaban J connectivity index is 1.71. The van der Waals surface area contributed by atoms with Crippen LogP contribution in [0.2, 0.25) is 18.2 Å². The summed E-state index contributed by atoms with van der Waals surface area (Å²) in [6.07, 6.45) is 2.14. The van der Waals surface area contributed by atoms with Gasteiger partial charge in [0, 0.05) is 37.3 Å². The number of halogens is 2. The van der Waals surface area contributed by atoms with Gasteiger partial charge < -0.3 is 14.5 Å². The Morgan fingerprint density at radius 2 is 1.97 bits per heavy atom. The Bertz CT molecular complexity index is 937. The van der Waals surface area contributed by atoms with Crippen molar-refractivity contribution < 1.29 is 23.7 Å². The molecule has 0 aliphatic carbocycles. The van der Waals surface area contributed by atoms with Gasteiger partial charge in [-0.3, -0.25) is 9.69 Å². The van der Waals surface area contributed by atoms with E-state index in [4.69, 9.17) is 21.1 Å². The molecule has 2 aromatic rings. The summed E-state index contributed by atoms with van der Waals surface area (Å²) in [4.78, 5) is 14.9. The number of esters is 1. The van der Waals surface area contributed by atoms with Crippen LogP contribution >= 0.6 is 11.6 Å². The maximum absolute atomic E-state index is 14.2. The lowest BCUT2D eigenvalue weighted by molar-refractivity contribution is -0.150. The maximum Gasteiger partial charge on any atom is 0.310 e. The SMILES string of the molecule is CCOC(=O)[C@@H](C[C@H](CB(C)O)Cc1ccc(-c2cc(Cl)ccc2F)cc1)CN1CC(OC)C1. The van der Waals surface area contributed by atoms with Gasteiger partial charge in [-0.25, -0.2) is 4.39 Å². The third-order valence-corrected chi connectivity index (χ3v) is 6.60. The first-order valence-corrected chi connectivity index (χ1v) is 12.3. The van der Waals surface area contributed by atoms with Crippen LogP contribution in [0.3, 0.4) is 0 Å². The Hall–Kier alpha value is -1.93. The molecule has 0 spiro atoms. The van der Waals surface area contributed by atoms with E-state index in [-0.39, 0.29) is 29.7 Å². The summed E-state index contributed by atoms with van der Waals surface area (Å²) in [5, 5.41) is 10.6. The Morgan fingerprint density at radius 1 is 1.26 bits per heavy atom. The molecule has 0 saturated carbocycles. The van der Waals surface area contributed by atoms with E-state index in [1.165, 1.54) is 12.1 Å². The summed E-state index contributed by atoms with van der Waals surface area (Å²) in [7, 11) is 1.70. The van der Waals surface area contributed by atoms with Crippen molar-refractivity contribution in [2.24, 2.45) is 11.8 Å². The van der Waals surface area contributed by atoms with Crippen molar-refractivity contribution in [3.8, 4) is 11.1 Å². The van der Waals surface area contributed by atoms with Crippen molar-refractivity contribution in [1.82, 2.24) is 4.90 Å². The molecule has 34 heavy (non-hydrogen) atoms. The molecule has 2 atom stereocenters. The number of hydrogen-bond acceptors (Lipinski definition) is 5. The fourth-order valence-corrected chi connectivity index (χ4v) is 4.83. The molecule has 8 heteroatoms. The van der Waals surface area contributed by atoms with Crippen LogP contribution in [0.25, 0.3) is 11.1 Å². The molecule has 0 radical (unpaired) electrons. The number of likely N-dealkylation sites (tertiary alicyclic amines) is 1. The average Bonchev–Trinajstić information content (AvgIpc) is 2.77. The van der Waals surface area contributed by atoms with Gasteiger partial charge >= 0.3 is 5.97 Å². The van der Waals surface area contributed by atoms with Crippen LogP contribution in [-0.4, -0.2) is 62.3 Å². The third kappa shape index (κ3) is 7.54. The molecule has 1 heterocycles. The zero-order chi connectivity index (χ0) is 24.7. The van der Waals surface area contributed by atoms with Gasteiger partial charge in [-0.05, 0) is 61.3 Å². The van der Waals surface area contributed by atoms with Gasteiger partial charge in [0.25, 0.3) is 6.92 Å². The highest BCUT2D eigenvalue weighted by Gasteiger charge is 2.33. The summed E-state index contributed by atoms with van der Waals surface area (Å²) < 4.78 is 24.9. The minimum Gasteiger partial charge on any atom is -0.466 e. The van der Waals surface area contributed by atoms with Crippen LogP contribution < -0.4 is 0 Å². The van der Waals surface area contributed by atoms with E-state index in [1.807, 2.05) is 31.2 Å². The zero-order valence-corrected chi connectivity index (χ0v) is 20.9. The molecule has 0 aromatic heterocycles. The number of ether oxygens (including phenoxy) is 2. The maximum atomic E-state index is 14.2. The first-order valence-electron chi connectivity index (χ1n) is 11.9. The van der Waals surface area contributed by atoms with Gasteiger partial charge in [-0.2, -0.15) is 0 Å². The highest BCUT2D eigenvalue weighted by Crippen LogP contribution is 2.29. The smallest absolute Gasteiger partial charge is 0.310 e. The first kappa shape index (κ1) is 26.7. The summed E-state index contributed by atoms with van der Waals surface area (Å²) in [6.45, 7) is 5.71. The molecule has 1 aliphatic heterocycles. The largest absolute Gasteiger partial charge is 0.466 e. The second-order valence-corrected chi connectivity index (χ2v) is 9.67. The topological polar surface area (TPSA) is 59.0 Å². The number of benzene rings is 2. The number of hydrogen-bond donors (Lipinski definition) is 1. The number of methoxy groups -OCH3 is 1. The third-order valence-electron chi connectivity index (χ3n) is 6.37. The normalized spacial score (nSPS) is 16.1. The van der Waals surface area contributed by atoms with Crippen LogP contribution in [0.5, 0.6) is 0 Å². The van der Waals surface area contributed by atoms with Gasteiger partial charge in [0.15, 0.2) is 0 Å². The highest BCUT2D eigenvalue weighted by atomic mass is 35.5. The minimum absolute atomic E-state index is 0.0997. The lowest BCUT2D eigenvalue weighted by Gasteiger charge is -2.40. The average molecular weight is 490 g/mol. The van der Waals surface area contributed by atoms with E-state index < -0.39 is 6.92 Å². The lowest BCUT2D eigenvalue weighted by atomic mass is 9.62. The first-order chi connectivity index (χ1) is 16.3. The van der Waals surface area contributed by atoms with Gasteiger partial charge in [-0.1, -0.05) is 42.7 Å². The van der Waals surface area contributed by atoms with E-state index >= 15 is 0 Å². The summed E-state index contributed by atoms with van der Waals surface area (Å²) >= 11 is 6.04. The predicted molar refractivity (Wildman–Crippen MR) is 135 cm³/mol. The molecule has 5 nitrogen and oxygen atoms in total. The van der Waals surface area contributed by atoms with E-state index in [1.54, 1.807) is 20.0 Å². The molecule has 0 amide bonds. The van der Waals surface area contributed by atoms with Gasteiger partial charge in [-0.15, -0.1) is 0 Å². The van der Waals surface area contributed by atoms with Crippen molar-refractivity contribution in [1.29, 1.82) is 0 Å². The van der Waals surface area contributed by atoms with E-state index in [2.05, 4.69) is 4.90 Å². The molecule has 1 N–H and O–H groups in total. The Morgan fingerprint density at radius 3 is 2.59 bits per heavy atom. The minimum atomic E-state index is -0.477. The van der Waals surface area contributed by atoms with Crippen LogP contribution in [0.1, 0.15) is 18.9 Å². The van der Waals surface area contributed by atoms with Crippen molar-refractivity contribution in [2.45, 2.75) is 39.0 Å². The molecule has 1 saturated heterocycles. The van der Waals surface area contributed by atoms with E-state index in [9.17, 15) is 14.2 Å². The van der Waals surface area contributed by atoms with Crippen molar-refractivity contribution >= 4 is 24.5 Å². The number of carbonyl (C=O) groups is 1. The molecule has 3 rings (SSSR count). The van der Waals surface area contributed by atoms with Crippen LogP contribution in [0, 0.1) is 17.7 Å². The van der Waals surface area contributed by atoms with Crippen molar-refractivity contribution in [2.75, 3.05) is 33.4 Å². The van der Waals surface area contributed by atoms with Gasteiger partial charge in [0.1, 0.15) is 5.82 Å². The van der Waals surface area contributed by atoms with Crippen LogP contribution in [0.15, 0.2) is 42.5 Å². The standard InChI is InChI=1S/C26H34BClFNO4/c1-4-34-26(31)21(15-30-16-23(17-30)33-3)12-19(14-27(2)32)11-18-5-7-20(8-6-18)24-13-22(28)9-10-25(24)29/h5-10,13,19,21,23,32H,4,11-12,14-17H2,1-3H3/t19-,21+/m1/s1. The van der Waals surface area contributed by atoms with E-state index in [0.29, 0.717) is 42.9 Å².